The zero-order chi connectivity index (χ0) is 28.9. The molecule has 1 heterocycles. The van der Waals surface area contributed by atoms with E-state index in [-0.39, 0.29) is 23.4 Å². The zero-order valence-corrected chi connectivity index (χ0v) is 23.3. The van der Waals surface area contributed by atoms with Gasteiger partial charge in [-0.25, -0.2) is 4.79 Å². The molecule has 0 bridgehead atoms. The molecule has 0 saturated carbocycles. The van der Waals surface area contributed by atoms with E-state index in [9.17, 15) is 24.0 Å². The quantitative estimate of drug-likeness (QED) is 0.163. The fourth-order valence-electron chi connectivity index (χ4n) is 4.49. The molecule has 5 atom stereocenters. The highest BCUT2D eigenvalue weighted by Gasteiger charge is 2.43. The monoisotopic (exact) mass is 548 g/mol. The molecule has 2 rings (SSSR count). The van der Waals surface area contributed by atoms with Gasteiger partial charge in [0.25, 0.3) is 5.91 Å². The number of cyclic esters (lactones) is 2. The summed E-state index contributed by atoms with van der Waals surface area (Å²) in [6, 6.07) is 3.18. The second-order valence-corrected chi connectivity index (χ2v) is 9.54. The summed E-state index contributed by atoms with van der Waals surface area (Å²) in [6.07, 6.45) is 2.05. The van der Waals surface area contributed by atoms with Crippen molar-refractivity contribution in [2.45, 2.75) is 97.0 Å². The maximum Gasteiger partial charge on any atom is 0.332 e. The number of carbonyl (C=O) groups is 5. The van der Waals surface area contributed by atoms with Crippen LogP contribution in [0.5, 0.6) is 5.75 Å². The van der Waals surface area contributed by atoms with E-state index in [4.69, 9.17) is 18.9 Å². The highest BCUT2D eigenvalue weighted by Crippen LogP contribution is 2.30. The summed E-state index contributed by atoms with van der Waals surface area (Å²) in [4.78, 5) is 63.2. The van der Waals surface area contributed by atoms with E-state index >= 15 is 0 Å². The van der Waals surface area contributed by atoms with Crippen LogP contribution in [0.3, 0.4) is 0 Å². The zero-order valence-electron chi connectivity index (χ0n) is 23.3. The topological polar surface area (TPSA) is 146 Å². The predicted molar refractivity (Wildman–Crippen MR) is 142 cm³/mol. The first-order valence-corrected chi connectivity index (χ1v) is 13.5. The average Bonchev–Trinajstić information content (AvgIpc) is 2.92. The Hall–Kier alpha value is -3.63. The fourth-order valence-corrected chi connectivity index (χ4v) is 4.49. The molecule has 1 saturated heterocycles. The lowest BCUT2D eigenvalue weighted by atomic mass is 9.92. The molecule has 1 aliphatic rings. The number of carbonyl (C=O) groups excluding carboxylic acids is 5. The highest BCUT2D eigenvalue weighted by atomic mass is 16.6. The summed E-state index contributed by atoms with van der Waals surface area (Å²) in [5.41, 5.74) is 0.303. The van der Waals surface area contributed by atoms with E-state index in [1.54, 1.807) is 13.0 Å². The number of para-hydroxylation sites is 1. The Bertz CT molecular complexity index is 1010. The molecular weight excluding hydrogens is 508 g/mol. The molecule has 1 fully saturated rings. The minimum atomic E-state index is -1.36. The molecule has 0 aromatic heterocycles. The number of nitrogens with one attached hydrogen (secondary N) is 2. The summed E-state index contributed by atoms with van der Waals surface area (Å²) in [5, 5.41) is 5.02. The van der Waals surface area contributed by atoms with Gasteiger partial charge in [0.2, 0.25) is 6.41 Å². The van der Waals surface area contributed by atoms with Crippen LogP contribution in [-0.4, -0.2) is 61.7 Å². The lowest BCUT2D eigenvalue weighted by Crippen LogP contribution is -2.50. The smallest absolute Gasteiger partial charge is 0.332 e. The van der Waals surface area contributed by atoms with Gasteiger partial charge in [-0.3, -0.25) is 19.2 Å². The van der Waals surface area contributed by atoms with Crippen LogP contribution in [0.2, 0.25) is 0 Å². The first kappa shape index (κ1) is 31.6. The van der Waals surface area contributed by atoms with Gasteiger partial charge in [-0.2, -0.15) is 0 Å². The van der Waals surface area contributed by atoms with Crippen LogP contribution in [0.15, 0.2) is 18.2 Å². The maximum absolute atomic E-state index is 13.4. The second kappa shape index (κ2) is 15.7. The second-order valence-electron chi connectivity index (χ2n) is 9.54. The summed E-state index contributed by atoms with van der Waals surface area (Å²) < 4.78 is 22.3. The lowest BCUT2D eigenvalue weighted by Gasteiger charge is -2.29. The van der Waals surface area contributed by atoms with Crippen molar-refractivity contribution >= 4 is 35.9 Å². The number of ether oxygens (including phenoxy) is 4. The van der Waals surface area contributed by atoms with Crippen LogP contribution in [0.4, 0.5) is 5.69 Å². The fraction of sp³-hybridized carbons (Fsp3) is 0.607. The van der Waals surface area contributed by atoms with Crippen molar-refractivity contribution in [2.24, 2.45) is 5.92 Å². The van der Waals surface area contributed by atoms with Crippen molar-refractivity contribution in [1.29, 1.82) is 0 Å². The molecule has 1 aromatic rings. The Kier molecular flexibility index (Phi) is 12.7. The van der Waals surface area contributed by atoms with E-state index in [0.717, 1.165) is 19.3 Å². The molecule has 2 amide bonds. The molecule has 0 radical (unpaired) electrons. The Morgan fingerprint density at radius 3 is 2.36 bits per heavy atom. The number of methoxy groups -OCH3 is 1. The first-order chi connectivity index (χ1) is 18.7. The SMILES string of the molecule is CCCCCC[C@H]1C(=O)O[C@H](C)[C@H](NC(=O)c2cccc(NC=O)c2OC)C(=O)O[C@@H](C)[C@@H]1OC(=O)CCC. The molecule has 0 aliphatic carbocycles. The van der Waals surface area contributed by atoms with Crippen molar-refractivity contribution in [3.63, 3.8) is 0 Å². The van der Waals surface area contributed by atoms with Crippen molar-refractivity contribution < 1.29 is 42.9 Å². The number of rotatable bonds is 13. The van der Waals surface area contributed by atoms with Crippen LogP contribution < -0.4 is 15.4 Å². The number of amides is 2. The maximum atomic E-state index is 13.4. The number of esters is 3. The molecule has 0 spiro atoms. The van der Waals surface area contributed by atoms with Crippen molar-refractivity contribution in [1.82, 2.24) is 5.32 Å². The molecule has 11 heteroatoms. The van der Waals surface area contributed by atoms with Gasteiger partial charge in [-0.1, -0.05) is 45.6 Å². The van der Waals surface area contributed by atoms with E-state index < -0.39 is 54.1 Å². The Balaban J connectivity index is 2.35. The van der Waals surface area contributed by atoms with Gasteiger partial charge in [-0.05, 0) is 38.8 Å². The standard InChI is InChI=1S/C28H40N2O9/c1-6-8-9-10-13-20-24(39-22(32)12-7-2)18(4)38-28(35)23(17(3)37-27(20)34)30-26(33)19-14-11-15-21(29-16-31)25(19)36-5/h11,14-18,20,23-24H,6-10,12-13H2,1-5H3,(H,29,31)(H,30,33)/t17-,18+,20-,23+,24+/m1/s1. The molecule has 1 aliphatic heterocycles. The van der Waals surface area contributed by atoms with Crippen LogP contribution in [0.1, 0.15) is 83.0 Å². The Morgan fingerprint density at radius 2 is 1.72 bits per heavy atom. The minimum absolute atomic E-state index is 0.0452. The van der Waals surface area contributed by atoms with E-state index in [0.29, 0.717) is 25.7 Å². The van der Waals surface area contributed by atoms with E-state index in [2.05, 4.69) is 17.6 Å². The molecule has 0 unspecified atom stereocenters. The average molecular weight is 549 g/mol. The van der Waals surface area contributed by atoms with Crippen LogP contribution in [0, 0.1) is 5.92 Å². The predicted octanol–water partition coefficient (Wildman–Crippen LogP) is 3.54. The Labute approximate surface area is 229 Å². The number of benzene rings is 1. The van der Waals surface area contributed by atoms with Gasteiger partial charge in [0.05, 0.1) is 24.3 Å². The van der Waals surface area contributed by atoms with Crippen LogP contribution >= 0.6 is 0 Å². The van der Waals surface area contributed by atoms with Crippen LogP contribution in [0.25, 0.3) is 0 Å². The summed E-state index contributed by atoms with van der Waals surface area (Å²) in [6.45, 7) is 6.94. The van der Waals surface area contributed by atoms with Gasteiger partial charge in [-0.15, -0.1) is 0 Å². The number of anilines is 1. The van der Waals surface area contributed by atoms with Crippen molar-refractivity contribution in [3.05, 3.63) is 23.8 Å². The number of hydrogen-bond acceptors (Lipinski definition) is 9. The third kappa shape index (κ3) is 8.69. The third-order valence-corrected chi connectivity index (χ3v) is 6.54. The van der Waals surface area contributed by atoms with Crippen LogP contribution in [-0.2, 0) is 33.4 Å². The minimum Gasteiger partial charge on any atom is -0.494 e. The largest absolute Gasteiger partial charge is 0.494 e. The van der Waals surface area contributed by atoms with Gasteiger partial charge in [0, 0.05) is 6.42 Å². The van der Waals surface area contributed by atoms with Gasteiger partial charge in [0.15, 0.2) is 17.9 Å². The molecule has 39 heavy (non-hydrogen) atoms. The summed E-state index contributed by atoms with van der Waals surface area (Å²) in [5.74, 6) is -3.43. The van der Waals surface area contributed by atoms with Gasteiger partial charge < -0.3 is 29.6 Å². The number of unbranched alkanes of at least 4 members (excludes halogenated alkanes) is 3. The number of hydrogen-bond donors (Lipinski definition) is 2. The third-order valence-electron chi connectivity index (χ3n) is 6.54. The lowest BCUT2D eigenvalue weighted by molar-refractivity contribution is -0.175. The highest BCUT2D eigenvalue weighted by molar-refractivity contribution is 6.01. The van der Waals surface area contributed by atoms with Crippen molar-refractivity contribution in [2.75, 3.05) is 12.4 Å². The molecule has 2 N–H and O–H groups in total. The molecular formula is C28H40N2O9. The normalized spacial score (nSPS) is 23.3. The van der Waals surface area contributed by atoms with Crippen molar-refractivity contribution in [3.8, 4) is 5.75 Å². The summed E-state index contributed by atoms with van der Waals surface area (Å²) >= 11 is 0. The van der Waals surface area contributed by atoms with Gasteiger partial charge >= 0.3 is 17.9 Å². The molecule has 1 aromatic carbocycles. The summed E-state index contributed by atoms with van der Waals surface area (Å²) in [7, 11) is 1.34. The first-order valence-electron chi connectivity index (χ1n) is 13.5. The van der Waals surface area contributed by atoms with E-state index in [1.165, 1.54) is 26.2 Å². The van der Waals surface area contributed by atoms with Gasteiger partial charge in [0.1, 0.15) is 12.2 Å². The Morgan fingerprint density at radius 1 is 1.00 bits per heavy atom. The van der Waals surface area contributed by atoms with E-state index in [1.807, 2.05) is 6.92 Å². The molecule has 11 nitrogen and oxygen atoms in total. The molecule has 216 valence electrons.